The lowest BCUT2D eigenvalue weighted by Gasteiger charge is -2.39. The smallest absolute Gasteiger partial charge is 0.315 e. The highest BCUT2D eigenvalue weighted by Gasteiger charge is 2.33. The van der Waals surface area contributed by atoms with Gasteiger partial charge in [-0.3, -0.25) is 0 Å². The molecule has 20 heavy (non-hydrogen) atoms. The first-order chi connectivity index (χ1) is 9.47. The van der Waals surface area contributed by atoms with E-state index in [1.165, 1.54) is 19.3 Å². The van der Waals surface area contributed by atoms with E-state index in [1.807, 2.05) is 0 Å². The van der Waals surface area contributed by atoms with Crippen molar-refractivity contribution in [1.82, 2.24) is 10.6 Å². The third kappa shape index (κ3) is 4.37. The van der Waals surface area contributed by atoms with Crippen molar-refractivity contribution in [3.8, 4) is 0 Å². The molecule has 4 nitrogen and oxygen atoms in total. The summed E-state index contributed by atoms with van der Waals surface area (Å²) < 4.78 is 0. The maximum atomic E-state index is 12.0. The Labute approximate surface area is 122 Å². The highest BCUT2D eigenvalue weighted by Crippen LogP contribution is 2.35. The molecule has 2 rings (SSSR count). The molecule has 3 atom stereocenters. The predicted octanol–water partition coefficient (Wildman–Crippen LogP) is 2.81. The normalized spacial score (nSPS) is 33.5. The van der Waals surface area contributed by atoms with E-state index in [1.54, 1.807) is 0 Å². The van der Waals surface area contributed by atoms with Crippen molar-refractivity contribution >= 4 is 6.03 Å². The van der Waals surface area contributed by atoms with Crippen LogP contribution >= 0.6 is 0 Å². The number of hydrogen-bond donors (Lipinski definition) is 3. The van der Waals surface area contributed by atoms with Gasteiger partial charge >= 0.3 is 6.03 Å². The zero-order chi connectivity index (χ0) is 14.6. The second kappa shape index (κ2) is 6.79. The molecule has 2 amide bonds. The second-order valence-corrected chi connectivity index (χ2v) is 7.33. The molecule has 0 heterocycles. The quantitative estimate of drug-likeness (QED) is 0.745. The summed E-state index contributed by atoms with van der Waals surface area (Å²) in [5.74, 6) is 0.434. The molecule has 0 radical (unpaired) electrons. The maximum Gasteiger partial charge on any atom is 0.315 e. The zero-order valence-corrected chi connectivity index (χ0v) is 13.0. The first kappa shape index (κ1) is 15.6. The van der Waals surface area contributed by atoms with Crippen molar-refractivity contribution in [2.45, 2.75) is 77.4 Å². The highest BCUT2D eigenvalue weighted by molar-refractivity contribution is 5.74. The van der Waals surface area contributed by atoms with Crippen LogP contribution in [0.4, 0.5) is 4.79 Å². The standard InChI is InChI=1S/C16H30N2O2/c1-16(2)9-4-3-8-14(16)18-15(20)17-11-12-6-5-7-13(19)10-12/h12-14,19H,3-11H2,1-2H3,(H2,17,18,20). The summed E-state index contributed by atoms with van der Waals surface area (Å²) in [6.07, 6.45) is 8.52. The van der Waals surface area contributed by atoms with E-state index in [0.29, 0.717) is 12.5 Å². The number of aliphatic hydroxyl groups excluding tert-OH is 1. The summed E-state index contributed by atoms with van der Waals surface area (Å²) in [5, 5.41) is 15.8. The Morgan fingerprint density at radius 3 is 2.70 bits per heavy atom. The molecule has 2 aliphatic rings. The van der Waals surface area contributed by atoms with Gasteiger partial charge in [0.1, 0.15) is 0 Å². The number of aliphatic hydroxyl groups is 1. The van der Waals surface area contributed by atoms with Crippen LogP contribution in [0.5, 0.6) is 0 Å². The molecule has 0 spiro atoms. The third-order valence-corrected chi connectivity index (χ3v) is 5.12. The molecule has 0 aromatic rings. The van der Waals surface area contributed by atoms with E-state index in [-0.39, 0.29) is 23.6 Å². The Morgan fingerprint density at radius 1 is 1.20 bits per heavy atom. The van der Waals surface area contributed by atoms with Crippen LogP contribution in [0.1, 0.15) is 65.2 Å². The Hall–Kier alpha value is -0.770. The molecule has 2 aliphatic carbocycles. The second-order valence-electron chi connectivity index (χ2n) is 7.33. The van der Waals surface area contributed by atoms with Gasteiger partial charge in [-0.2, -0.15) is 0 Å². The van der Waals surface area contributed by atoms with Gasteiger partial charge < -0.3 is 15.7 Å². The Morgan fingerprint density at radius 2 is 2.00 bits per heavy atom. The van der Waals surface area contributed by atoms with Crippen LogP contribution in [0.15, 0.2) is 0 Å². The van der Waals surface area contributed by atoms with Gasteiger partial charge in [0.25, 0.3) is 0 Å². The minimum atomic E-state index is -0.170. The first-order valence-electron chi connectivity index (χ1n) is 8.20. The van der Waals surface area contributed by atoms with E-state index in [4.69, 9.17) is 0 Å². The molecular weight excluding hydrogens is 252 g/mol. The molecule has 3 N–H and O–H groups in total. The molecule has 0 bridgehead atoms. The van der Waals surface area contributed by atoms with Gasteiger partial charge in [0.05, 0.1) is 6.10 Å². The van der Waals surface area contributed by atoms with Crippen LogP contribution in [-0.2, 0) is 0 Å². The summed E-state index contributed by atoms with van der Waals surface area (Å²) in [4.78, 5) is 12.0. The van der Waals surface area contributed by atoms with Gasteiger partial charge in [0.15, 0.2) is 0 Å². The molecule has 4 heteroatoms. The zero-order valence-electron chi connectivity index (χ0n) is 13.0. The number of urea groups is 1. The van der Waals surface area contributed by atoms with Gasteiger partial charge in [-0.25, -0.2) is 4.79 Å². The molecule has 0 saturated heterocycles. The Balaban J connectivity index is 1.72. The number of rotatable bonds is 3. The lowest BCUT2D eigenvalue weighted by atomic mass is 9.73. The fourth-order valence-corrected chi connectivity index (χ4v) is 3.66. The van der Waals surface area contributed by atoms with Gasteiger partial charge in [0, 0.05) is 12.6 Å². The predicted molar refractivity (Wildman–Crippen MR) is 80.5 cm³/mol. The van der Waals surface area contributed by atoms with E-state index in [0.717, 1.165) is 32.1 Å². The van der Waals surface area contributed by atoms with Crippen LogP contribution in [-0.4, -0.2) is 29.8 Å². The Bertz CT molecular complexity index is 330. The minimum Gasteiger partial charge on any atom is -0.393 e. The molecule has 0 aliphatic heterocycles. The average molecular weight is 282 g/mol. The average Bonchev–Trinajstić information content (AvgIpc) is 2.39. The lowest BCUT2D eigenvalue weighted by Crippen LogP contribution is -2.51. The molecule has 0 aromatic carbocycles. The van der Waals surface area contributed by atoms with E-state index < -0.39 is 0 Å². The SMILES string of the molecule is CC1(C)CCCCC1NC(=O)NCC1CCCC(O)C1. The van der Waals surface area contributed by atoms with Crippen molar-refractivity contribution in [2.75, 3.05) is 6.54 Å². The van der Waals surface area contributed by atoms with Crippen LogP contribution in [0, 0.1) is 11.3 Å². The van der Waals surface area contributed by atoms with Gasteiger partial charge in [0.2, 0.25) is 0 Å². The van der Waals surface area contributed by atoms with Crippen molar-refractivity contribution in [1.29, 1.82) is 0 Å². The fourth-order valence-electron chi connectivity index (χ4n) is 3.66. The monoisotopic (exact) mass is 282 g/mol. The number of carbonyl (C=O) groups is 1. The van der Waals surface area contributed by atoms with Crippen LogP contribution in [0.3, 0.4) is 0 Å². The summed E-state index contributed by atoms with van der Waals surface area (Å²) >= 11 is 0. The molecule has 3 unspecified atom stereocenters. The van der Waals surface area contributed by atoms with Crippen LogP contribution < -0.4 is 10.6 Å². The van der Waals surface area contributed by atoms with Crippen molar-refractivity contribution < 1.29 is 9.90 Å². The van der Waals surface area contributed by atoms with Gasteiger partial charge in [-0.05, 0) is 43.4 Å². The first-order valence-corrected chi connectivity index (χ1v) is 8.20. The van der Waals surface area contributed by atoms with Crippen molar-refractivity contribution in [3.63, 3.8) is 0 Å². The largest absolute Gasteiger partial charge is 0.393 e. The van der Waals surface area contributed by atoms with E-state index in [2.05, 4.69) is 24.5 Å². The molecule has 2 fully saturated rings. The van der Waals surface area contributed by atoms with Crippen molar-refractivity contribution in [2.24, 2.45) is 11.3 Å². The molecular formula is C16H30N2O2. The number of hydrogen-bond acceptors (Lipinski definition) is 2. The molecule has 0 aromatic heterocycles. The maximum absolute atomic E-state index is 12.0. The number of nitrogens with one attached hydrogen (secondary N) is 2. The van der Waals surface area contributed by atoms with E-state index in [9.17, 15) is 9.90 Å². The lowest BCUT2D eigenvalue weighted by molar-refractivity contribution is 0.101. The summed E-state index contributed by atoms with van der Waals surface area (Å²) in [6.45, 7) is 5.18. The summed E-state index contributed by atoms with van der Waals surface area (Å²) in [6, 6.07) is 0.248. The fraction of sp³-hybridized carbons (Fsp3) is 0.938. The molecule has 2 saturated carbocycles. The van der Waals surface area contributed by atoms with Gasteiger partial charge in [-0.15, -0.1) is 0 Å². The summed E-state index contributed by atoms with van der Waals surface area (Å²) in [7, 11) is 0. The Kier molecular flexibility index (Phi) is 5.30. The molecule has 116 valence electrons. The number of amides is 2. The number of carbonyl (C=O) groups excluding carboxylic acids is 1. The van der Waals surface area contributed by atoms with E-state index >= 15 is 0 Å². The minimum absolute atomic E-state index is 0.0370. The van der Waals surface area contributed by atoms with Crippen LogP contribution in [0.25, 0.3) is 0 Å². The highest BCUT2D eigenvalue weighted by atomic mass is 16.3. The van der Waals surface area contributed by atoms with Crippen LogP contribution in [0.2, 0.25) is 0 Å². The summed E-state index contributed by atoms with van der Waals surface area (Å²) in [5.41, 5.74) is 0.205. The third-order valence-electron chi connectivity index (χ3n) is 5.12. The topological polar surface area (TPSA) is 61.4 Å². The van der Waals surface area contributed by atoms with Gasteiger partial charge in [-0.1, -0.05) is 33.1 Å². The van der Waals surface area contributed by atoms with Crippen molar-refractivity contribution in [3.05, 3.63) is 0 Å².